The number of phenols is 1. The molecular weight excluding hydrogens is 381 g/mol. The summed E-state index contributed by atoms with van der Waals surface area (Å²) < 4.78 is 0. The fourth-order valence-corrected chi connectivity index (χ4v) is 7.15. The first-order chi connectivity index (χ1) is 11.3. The number of aromatic hydroxyl groups is 1. The van der Waals surface area contributed by atoms with Gasteiger partial charge < -0.3 is 5.11 Å². The molecule has 1 aromatic carbocycles. The van der Waals surface area contributed by atoms with Gasteiger partial charge in [-0.25, -0.2) is 0 Å². The van der Waals surface area contributed by atoms with Crippen molar-refractivity contribution in [3.63, 3.8) is 0 Å². The molecule has 0 aliphatic rings. The first-order valence-corrected chi connectivity index (χ1v) is 14.1. The normalized spacial score (nSPS) is 11.0. The summed E-state index contributed by atoms with van der Waals surface area (Å²) in [7, 11) is 4.05. The van der Waals surface area contributed by atoms with Crippen molar-refractivity contribution in [3.8, 4) is 5.75 Å². The van der Waals surface area contributed by atoms with Crippen molar-refractivity contribution in [2.75, 3.05) is 40.8 Å². The molecule has 1 aromatic rings. The monoisotopic (exact) mass is 408 g/mol. The molecule has 0 radical (unpaired) electrons. The second kappa shape index (κ2) is 15.1. The molecule has 0 aliphatic heterocycles. The minimum absolute atomic E-state index is 0.401. The molecular formula is C17H28OS5. The van der Waals surface area contributed by atoms with Crippen molar-refractivity contribution in [1.29, 1.82) is 0 Å². The van der Waals surface area contributed by atoms with E-state index in [1.165, 1.54) is 52.9 Å². The fourth-order valence-electron chi connectivity index (χ4n) is 1.91. The van der Waals surface area contributed by atoms with Gasteiger partial charge in [-0.15, -0.1) is 11.8 Å². The van der Waals surface area contributed by atoms with Crippen LogP contribution in [0.1, 0.15) is 25.3 Å². The summed E-state index contributed by atoms with van der Waals surface area (Å²) in [6, 6.07) is 5.98. The Kier molecular flexibility index (Phi) is 14.3. The zero-order chi connectivity index (χ0) is 16.8. The summed E-state index contributed by atoms with van der Waals surface area (Å²) in [6.07, 6.45) is 5.63. The molecule has 0 atom stereocenters. The maximum Gasteiger partial charge on any atom is 0.129 e. The van der Waals surface area contributed by atoms with Gasteiger partial charge >= 0.3 is 0 Å². The van der Waals surface area contributed by atoms with Crippen LogP contribution in [0.25, 0.3) is 0 Å². The Hall–Kier alpha value is 0.770. The quantitative estimate of drug-likeness (QED) is 0.220. The lowest BCUT2D eigenvalue weighted by molar-refractivity contribution is 0.462. The van der Waals surface area contributed by atoms with E-state index in [2.05, 4.69) is 36.5 Å². The first-order valence-electron chi connectivity index (χ1n) is 8.03. The van der Waals surface area contributed by atoms with Gasteiger partial charge in [-0.3, -0.25) is 0 Å². The average molecular weight is 409 g/mol. The second-order valence-electron chi connectivity index (χ2n) is 4.98. The van der Waals surface area contributed by atoms with E-state index in [0.29, 0.717) is 5.75 Å². The fraction of sp³-hybridized carbons (Fsp3) is 0.647. The SMILES string of the molecule is CCCSCCSSCCSCCCc1ccc(O)c(SC)c1. The number of aryl methyl sites for hydroxylation is 1. The van der Waals surface area contributed by atoms with Gasteiger partial charge in [-0.2, -0.15) is 23.5 Å². The molecule has 0 fully saturated rings. The molecule has 1 N–H and O–H groups in total. The smallest absolute Gasteiger partial charge is 0.129 e. The summed E-state index contributed by atoms with van der Waals surface area (Å²) in [5.74, 6) is 8.02. The van der Waals surface area contributed by atoms with E-state index in [9.17, 15) is 5.11 Å². The van der Waals surface area contributed by atoms with E-state index < -0.39 is 0 Å². The lowest BCUT2D eigenvalue weighted by Gasteiger charge is -2.06. The summed E-state index contributed by atoms with van der Waals surface area (Å²) in [5, 5.41) is 9.68. The van der Waals surface area contributed by atoms with Crippen molar-refractivity contribution < 1.29 is 5.11 Å². The highest BCUT2D eigenvalue weighted by Gasteiger charge is 2.01. The minimum atomic E-state index is 0.401. The zero-order valence-corrected chi connectivity index (χ0v) is 18.2. The predicted octanol–water partition coefficient (Wildman–Crippen LogP) is 6.30. The molecule has 1 rings (SSSR count). The molecule has 0 saturated carbocycles. The van der Waals surface area contributed by atoms with Gasteiger partial charge in [-0.1, -0.05) is 34.6 Å². The summed E-state index contributed by atoms with van der Waals surface area (Å²) in [6.45, 7) is 2.25. The Morgan fingerprint density at radius 2 is 1.61 bits per heavy atom. The standard InChI is InChI=1S/C17H28OS5/c1-3-8-20-10-12-22-23-13-11-21-9-4-5-15-6-7-16(18)17(14-15)19-2/h6-7,14,18H,3-5,8-13H2,1-2H3. The Morgan fingerprint density at radius 1 is 0.913 bits per heavy atom. The summed E-state index contributed by atoms with van der Waals surface area (Å²) >= 11 is 5.75. The van der Waals surface area contributed by atoms with E-state index in [0.717, 1.165) is 11.3 Å². The van der Waals surface area contributed by atoms with Gasteiger partial charge in [0, 0.05) is 27.9 Å². The maximum absolute atomic E-state index is 9.68. The van der Waals surface area contributed by atoms with Crippen LogP contribution in [0, 0.1) is 0 Å². The largest absolute Gasteiger partial charge is 0.507 e. The lowest BCUT2D eigenvalue weighted by atomic mass is 10.1. The number of phenolic OH excluding ortho intramolecular Hbond substituents is 1. The Labute approximate surface area is 162 Å². The molecule has 132 valence electrons. The van der Waals surface area contributed by atoms with Crippen LogP contribution in [0.4, 0.5) is 0 Å². The molecule has 1 nitrogen and oxygen atoms in total. The van der Waals surface area contributed by atoms with Gasteiger partial charge in [0.05, 0.1) is 0 Å². The van der Waals surface area contributed by atoms with Crippen LogP contribution in [0.5, 0.6) is 5.75 Å². The van der Waals surface area contributed by atoms with Gasteiger partial charge in [0.1, 0.15) is 5.75 Å². The van der Waals surface area contributed by atoms with Gasteiger partial charge in [0.15, 0.2) is 0 Å². The molecule has 0 unspecified atom stereocenters. The molecule has 23 heavy (non-hydrogen) atoms. The molecule has 0 saturated heterocycles. The van der Waals surface area contributed by atoms with Crippen molar-refractivity contribution in [2.24, 2.45) is 0 Å². The third kappa shape index (κ3) is 11.1. The Bertz CT molecular complexity index is 414. The highest BCUT2D eigenvalue weighted by Crippen LogP contribution is 2.28. The average Bonchev–Trinajstić information content (AvgIpc) is 2.57. The van der Waals surface area contributed by atoms with Crippen molar-refractivity contribution in [1.82, 2.24) is 0 Å². The molecule has 0 spiro atoms. The highest BCUT2D eigenvalue weighted by molar-refractivity contribution is 8.76. The third-order valence-electron chi connectivity index (χ3n) is 3.05. The number of hydrogen-bond acceptors (Lipinski definition) is 6. The molecule has 6 heteroatoms. The van der Waals surface area contributed by atoms with Gasteiger partial charge in [0.25, 0.3) is 0 Å². The maximum atomic E-state index is 9.68. The number of benzene rings is 1. The van der Waals surface area contributed by atoms with Gasteiger partial charge in [0.2, 0.25) is 0 Å². The molecule has 0 heterocycles. The number of rotatable bonds is 14. The van der Waals surface area contributed by atoms with Crippen LogP contribution in [0.15, 0.2) is 23.1 Å². The number of hydrogen-bond donors (Lipinski definition) is 1. The van der Waals surface area contributed by atoms with Gasteiger partial charge in [-0.05, 0) is 54.7 Å². The van der Waals surface area contributed by atoms with Crippen molar-refractivity contribution >= 4 is 56.9 Å². The Balaban J connectivity index is 1.93. The minimum Gasteiger partial charge on any atom is -0.507 e. The third-order valence-corrected chi connectivity index (χ3v) is 9.00. The molecule has 0 aliphatic carbocycles. The number of thioether (sulfide) groups is 3. The van der Waals surface area contributed by atoms with Crippen molar-refractivity contribution in [3.05, 3.63) is 23.8 Å². The van der Waals surface area contributed by atoms with Crippen LogP contribution in [-0.4, -0.2) is 45.9 Å². The predicted molar refractivity (Wildman–Crippen MR) is 118 cm³/mol. The van der Waals surface area contributed by atoms with E-state index in [4.69, 9.17) is 0 Å². The highest BCUT2D eigenvalue weighted by atomic mass is 33.1. The van der Waals surface area contributed by atoms with Crippen molar-refractivity contribution in [2.45, 2.75) is 31.1 Å². The van der Waals surface area contributed by atoms with Crippen LogP contribution in [-0.2, 0) is 6.42 Å². The van der Waals surface area contributed by atoms with Crippen LogP contribution < -0.4 is 0 Å². The van der Waals surface area contributed by atoms with E-state index >= 15 is 0 Å². The van der Waals surface area contributed by atoms with Crippen LogP contribution in [0.2, 0.25) is 0 Å². The van der Waals surface area contributed by atoms with Crippen LogP contribution in [0.3, 0.4) is 0 Å². The zero-order valence-electron chi connectivity index (χ0n) is 14.1. The summed E-state index contributed by atoms with van der Waals surface area (Å²) in [4.78, 5) is 0.987. The first kappa shape index (κ1) is 21.8. The Morgan fingerprint density at radius 3 is 2.26 bits per heavy atom. The topological polar surface area (TPSA) is 20.2 Å². The molecule has 0 bridgehead atoms. The van der Waals surface area contributed by atoms with E-state index in [-0.39, 0.29) is 0 Å². The second-order valence-corrected chi connectivity index (χ2v) is 11.0. The van der Waals surface area contributed by atoms with E-state index in [1.807, 2.05) is 40.0 Å². The summed E-state index contributed by atoms with van der Waals surface area (Å²) in [5.41, 5.74) is 1.34. The molecule has 0 amide bonds. The van der Waals surface area contributed by atoms with Crippen LogP contribution >= 0.6 is 56.9 Å². The lowest BCUT2D eigenvalue weighted by Crippen LogP contribution is -1.91. The molecule has 0 aromatic heterocycles. The van der Waals surface area contributed by atoms with E-state index in [1.54, 1.807) is 11.8 Å².